The molecule has 0 saturated carbocycles. The molecule has 0 bridgehead atoms. The van der Waals surface area contributed by atoms with Crippen molar-refractivity contribution in [3.05, 3.63) is 0 Å². The Kier molecular flexibility index (Phi) is 8.11. The van der Waals surface area contributed by atoms with Gasteiger partial charge in [-0.05, 0) is 25.7 Å². The normalized spacial score (nSPS) is 14.1. The van der Waals surface area contributed by atoms with Gasteiger partial charge in [-0.25, -0.2) is 9.59 Å². The molecule has 0 aromatic carbocycles. The maximum absolute atomic E-state index is 11.5. The fourth-order valence-corrected chi connectivity index (χ4v) is 1.39. The summed E-state index contributed by atoms with van der Waals surface area (Å²) in [6.45, 7) is 6.13. The molecule has 0 aliphatic heterocycles. The number of aliphatic carboxylic acids is 1. The zero-order valence-corrected chi connectivity index (χ0v) is 11.5. The lowest BCUT2D eigenvalue weighted by atomic mass is 10.0. The maximum Gasteiger partial charge on any atom is 0.334 e. The van der Waals surface area contributed by atoms with Crippen molar-refractivity contribution in [3.8, 4) is 0 Å². The summed E-state index contributed by atoms with van der Waals surface area (Å²) in [6, 6.07) is -0.298. The van der Waals surface area contributed by atoms with Crippen LogP contribution in [-0.4, -0.2) is 42.9 Å². The Hall–Kier alpha value is -1.30. The van der Waals surface area contributed by atoms with Crippen LogP contribution in [0.2, 0.25) is 0 Å². The first kappa shape index (κ1) is 16.7. The minimum atomic E-state index is -1.09. The van der Waals surface area contributed by atoms with Gasteiger partial charge >= 0.3 is 12.0 Å². The summed E-state index contributed by atoms with van der Waals surface area (Å²) in [4.78, 5) is 22.1. The fourth-order valence-electron chi connectivity index (χ4n) is 1.39. The van der Waals surface area contributed by atoms with Gasteiger partial charge < -0.3 is 20.5 Å². The zero-order valence-electron chi connectivity index (χ0n) is 11.5. The number of nitrogens with one attached hydrogen (secondary N) is 2. The summed E-state index contributed by atoms with van der Waals surface area (Å²) in [6.07, 6.45) is 0.927. The SMILES string of the molecule is COC(CNC(=O)NC(C)CCC(C)C)C(=O)O. The van der Waals surface area contributed by atoms with Crippen LogP contribution in [0.3, 0.4) is 0 Å². The minimum absolute atomic E-state index is 0.0471. The van der Waals surface area contributed by atoms with Crippen LogP contribution in [0.1, 0.15) is 33.6 Å². The molecule has 0 aliphatic rings. The molecule has 0 spiro atoms. The number of carbonyl (C=O) groups excluding carboxylic acids is 1. The van der Waals surface area contributed by atoms with Gasteiger partial charge in [0.1, 0.15) is 0 Å². The number of amides is 2. The molecule has 6 heteroatoms. The molecular formula is C12H24N2O4. The predicted octanol–water partition coefficient (Wildman–Crippen LogP) is 1.21. The topological polar surface area (TPSA) is 87.7 Å². The Labute approximate surface area is 108 Å². The molecular weight excluding hydrogens is 236 g/mol. The number of hydrogen-bond acceptors (Lipinski definition) is 3. The van der Waals surface area contributed by atoms with Crippen molar-refractivity contribution in [2.24, 2.45) is 5.92 Å². The average molecular weight is 260 g/mol. The summed E-state index contributed by atoms with van der Waals surface area (Å²) < 4.78 is 4.70. The number of ether oxygens (including phenoxy) is 1. The van der Waals surface area contributed by atoms with Gasteiger partial charge in [0.2, 0.25) is 0 Å². The van der Waals surface area contributed by atoms with E-state index >= 15 is 0 Å². The molecule has 0 radical (unpaired) electrons. The molecule has 0 aromatic rings. The largest absolute Gasteiger partial charge is 0.479 e. The monoisotopic (exact) mass is 260 g/mol. The molecule has 3 N–H and O–H groups in total. The van der Waals surface area contributed by atoms with E-state index in [9.17, 15) is 9.59 Å². The molecule has 2 unspecified atom stereocenters. The Bertz CT molecular complexity index is 269. The van der Waals surface area contributed by atoms with E-state index in [1.165, 1.54) is 7.11 Å². The van der Waals surface area contributed by atoms with Crippen LogP contribution in [0, 0.1) is 5.92 Å². The van der Waals surface area contributed by atoms with E-state index in [1.807, 2.05) is 6.92 Å². The highest BCUT2D eigenvalue weighted by Gasteiger charge is 2.17. The zero-order chi connectivity index (χ0) is 14.1. The van der Waals surface area contributed by atoms with Gasteiger partial charge in [-0.3, -0.25) is 0 Å². The van der Waals surface area contributed by atoms with E-state index in [0.717, 1.165) is 12.8 Å². The number of carboxylic acids is 1. The Balaban J connectivity index is 3.86. The lowest BCUT2D eigenvalue weighted by Gasteiger charge is -2.17. The second kappa shape index (κ2) is 8.74. The van der Waals surface area contributed by atoms with Gasteiger partial charge in [-0.2, -0.15) is 0 Å². The van der Waals surface area contributed by atoms with Crippen molar-refractivity contribution in [1.82, 2.24) is 10.6 Å². The highest BCUT2D eigenvalue weighted by molar-refractivity contribution is 5.76. The molecule has 0 heterocycles. The standard InChI is InChI=1S/C12H24N2O4/c1-8(2)5-6-9(3)14-12(17)13-7-10(18-4)11(15)16/h8-10H,5-7H2,1-4H3,(H,15,16)(H2,13,14,17). The van der Waals surface area contributed by atoms with Gasteiger partial charge in [-0.1, -0.05) is 13.8 Å². The fraction of sp³-hybridized carbons (Fsp3) is 0.833. The van der Waals surface area contributed by atoms with Crippen LogP contribution in [0.4, 0.5) is 4.79 Å². The highest BCUT2D eigenvalue weighted by atomic mass is 16.5. The summed E-state index contributed by atoms with van der Waals surface area (Å²) in [5.74, 6) is -0.493. The van der Waals surface area contributed by atoms with Crippen LogP contribution in [-0.2, 0) is 9.53 Å². The third kappa shape index (κ3) is 7.89. The van der Waals surface area contributed by atoms with Crippen molar-refractivity contribution in [3.63, 3.8) is 0 Å². The first-order chi connectivity index (χ1) is 8.36. The quantitative estimate of drug-likeness (QED) is 0.612. The molecule has 106 valence electrons. The van der Waals surface area contributed by atoms with Crippen molar-refractivity contribution < 1.29 is 19.4 Å². The first-order valence-electron chi connectivity index (χ1n) is 6.16. The van der Waals surface area contributed by atoms with Gasteiger partial charge in [0.25, 0.3) is 0 Å². The molecule has 2 amide bonds. The number of hydrogen-bond donors (Lipinski definition) is 3. The van der Waals surface area contributed by atoms with Crippen molar-refractivity contribution in [1.29, 1.82) is 0 Å². The van der Waals surface area contributed by atoms with E-state index in [2.05, 4.69) is 24.5 Å². The van der Waals surface area contributed by atoms with Crippen LogP contribution in [0.5, 0.6) is 0 Å². The van der Waals surface area contributed by atoms with Crippen molar-refractivity contribution >= 4 is 12.0 Å². The minimum Gasteiger partial charge on any atom is -0.479 e. The van der Waals surface area contributed by atoms with E-state index in [1.54, 1.807) is 0 Å². The lowest BCUT2D eigenvalue weighted by molar-refractivity contribution is -0.147. The molecule has 0 aliphatic carbocycles. The Morgan fingerprint density at radius 1 is 1.22 bits per heavy atom. The summed E-state index contributed by atoms with van der Waals surface area (Å²) in [7, 11) is 1.30. The lowest BCUT2D eigenvalue weighted by Crippen LogP contribution is -2.45. The van der Waals surface area contributed by atoms with E-state index in [-0.39, 0.29) is 18.6 Å². The number of carbonyl (C=O) groups is 2. The number of methoxy groups -OCH3 is 1. The smallest absolute Gasteiger partial charge is 0.334 e. The number of urea groups is 1. The van der Waals surface area contributed by atoms with Crippen molar-refractivity contribution in [2.45, 2.75) is 45.8 Å². The molecule has 18 heavy (non-hydrogen) atoms. The first-order valence-corrected chi connectivity index (χ1v) is 6.16. The molecule has 0 fully saturated rings. The van der Waals surface area contributed by atoms with Crippen molar-refractivity contribution in [2.75, 3.05) is 13.7 Å². The van der Waals surface area contributed by atoms with E-state index in [0.29, 0.717) is 5.92 Å². The van der Waals surface area contributed by atoms with Gasteiger partial charge in [0.15, 0.2) is 6.10 Å². The van der Waals surface area contributed by atoms with Gasteiger partial charge in [-0.15, -0.1) is 0 Å². The van der Waals surface area contributed by atoms with Crippen LogP contribution in [0.15, 0.2) is 0 Å². The number of carboxylic acid groups (broad SMARTS) is 1. The predicted molar refractivity (Wildman–Crippen MR) is 68.5 cm³/mol. The molecule has 2 atom stereocenters. The summed E-state index contributed by atoms with van der Waals surface area (Å²) in [5, 5.41) is 13.9. The van der Waals surface area contributed by atoms with Gasteiger partial charge in [0.05, 0.1) is 6.54 Å². The Morgan fingerprint density at radius 3 is 2.28 bits per heavy atom. The maximum atomic E-state index is 11.5. The highest BCUT2D eigenvalue weighted by Crippen LogP contribution is 2.06. The summed E-state index contributed by atoms with van der Waals surface area (Å²) in [5.41, 5.74) is 0. The number of rotatable bonds is 8. The van der Waals surface area contributed by atoms with Gasteiger partial charge in [0, 0.05) is 13.2 Å². The summed E-state index contributed by atoms with van der Waals surface area (Å²) >= 11 is 0. The van der Waals surface area contributed by atoms with Crippen LogP contribution < -0.4 is 10.6 Å². The molecule has 0 saturated heterocycles. The van der Waals surface area contributed by atoms with E-state index in [4.69, 9.17) is 9.84 Å². The third-order valence-corrected chi connectivity index (χ3v) is 2.56. The van der Waals surface area contributed by atoms with E-state index < -0.39 is 12.1 Å². The Morgan fingerprint density at radius 2 is 1.83 bits per heavy atom. The third-order valence-electron chi connectivity index (χ3n) is 2.56. The molecule has 0 aromatic heterocycles. The molecule has 6 nitrogen and oxygen atoms in total. The van der Waals surface area contributed by atoms with Crippen LogP contribution in [0.25, 0.3) is 0 Å². The second-order valence-corrected chi connectivity index (χ2v) is 4.79. The molecule has 0 rings (SSSR count). The van der Waals surface area contributed by atoms with Crippen LogP contribution >= 0.6 is 0 Å². The second-order valence-electron chi connectivity index (χ2n) is 4.79. The average Bonchev–Trinajstić information content (AvgIpc) is 2.26.